The van der Waals surface area contributed by atoms with Crippen LogP contribution in [-0.2, 0) is 11.2 Å². The highest BCUT2D eigenvalue weighted by Gasteiger charge is 2.32. The number of nitrogens with zero attached hydrogens (tertiary/aromatic N) is 3. The van der Waals surface area contributed by atoms with E-state index in [1.807, 2.05) is 89.8 Å². The first-order valence-corrected chi connectivity index (χ1v) is 13.9. The van der Waals surface area contributed by atoms with Crippen molar-refractivity contribution < 1.29 is 14.3 Å². The number of carbonyl (C=O) groups excluding carboxylic acids is 1. The van der Waals surface area contributed by atoms with Gasteiger partial charge in [-0.05, 0) is 54.5 Å². The molecular weight excluding hydrogens is 582 g/mol. The fourth-order valence-electron chi connectivity index (χ4n) is 4.15. The highest BCUT2D eigenvalue weighted by molar-refractivity contribution is 9.10. The summed E-state index contributed by atoms with van der Waals surface area (Å²) >= 11 is 10.4. The van der Waals surface area contributed by atoms with Crippen molar-refractivity contribution in [2.24, 2.45) is 0 Å². The average molecular weight is 607 g/mol. The predicted octanol–water partition coefficient (Wildman–Crippen LogP) is 6.76. The zero-order valence-corrected chi connectivity index (χ0v) is 24.0. The molecule has 0 atom stereocenters. The van der Waals surface area contributed by atoms with Gasteiger partial charge in [0.25, 0.3) is 5.91 Å². The van der Waals surface area contributed by atoms with Crippen LogP contribution in [0.2, 0.25) is 0 Å². The van der Waals surface area contributed by atoms with E-state index in [1.165, 1.54) is 11.8 Å². The summed E-state index contributed by atoms with van der Waals surface area (Å²) in [6.45, 7) is 0.473. The Balaban J connectivity index is 1.42. The van der Waals surface area contributed by atoms with Crippen molar-refractivity contribution >= 4 is 56.2 Å². The number of thioether (sulfide) groups is 1. The van der Waals surface area contributed by atoms with Crippen LogP contribution in [0.1, 0.15) is 11.1 Å². The van der Waals surface area contributed by atoms with Crippen LogP contribution in [0.15, 0.2) is 88.4 Å². The SMILES string of the molecule is COc1ccc(CCN2C(=O)/C(=C\c3cn(-c4ccccc4)nc3-c3ccc(Br)cc3)SC2=S)cc1OC. The summed E-state index contributed by atoms with van der Waals surface area (Å²) in [5.74, 6) is 1.23. The van der Waals surface area contributed by atoms with Crippen molar-refractivity contribution in [2.75, 3.05) is 20.8 Å². The monoisotopic (exact) mass is 605 g/mol. The largest absolute Gasteiger partial charge is 0.493 e. The van der Waals surface area contributed by atoms with Crippen molar-refractivity contribution in [2.45, 2.75) is 6.42 Å². The number of hydrogen-bond donors (Lipinski definition) is 0. The fraction of sp³-hybridized carbons (Fsp3) is 0.138. The van der Waals surface area contributed by atoms with Crippen LogP contribution in [-0.4, -0.2) is 45.7 Å². The lowest BCUT2D eigenvalue weighted by Crippen LogP contribution is -2.30. The third kappa shape index (κ3) is 5.55. The van der Waals surface area contributed by atoms with E-state index in [-0.39, 0.29) is 5.91 Å². The minimum Gasteiger partial charge on any atom is -0.493 e. The predicted molar refractivity (Wildman–Crippen MR) is 160 cm³/mol. The normalized spacial score (nSPS) is 14.4. The minimum absolute atomic E-state index is 0.102. The summed E-state index contributed by atoms with van der Waals surface area (Å²) < 4.78 is 14.1. The molecule has 0 bridgehead atoms. The Kier molecular flexibility index (Phi) is 7.97. The van der Waals surface area contributed by atoms with Crippen LogP contribution in [0, 0.1) is 0 Å². The van der Waals surface area contributed by atoms with Gasteiger partial charge in [-0.2, -0.15) is 5.10 Å². The van der Waals surface area contributed by atoms with Crippen molar-refractivity contribution in [3.05, 3.63) is 99.5 Å². The molecule has 1 amide bonds. The smallest absolute Gasteiger partial charge is 0.266 e. The van der Waals surface area contributed by atoms with E-state index in [9.17, 15) is 4.79 Å². The molecule has 1 aliphatic heterocycles. The van der Waals surface area contributed by atoms with Gasteiger partial charge < -0.3 is 9.47 Å². The molecule has 1 aromatic heterocycles. The Morgan fingerprint density at radius 3 is 2.45 bits per heavy atom. The minimum atomic E-state index is -0.102. The maximum absolute atomic E-state index is 13.4. The number of carbonyl (C=O) groups is 1. The number of ether oxygens (including phenoxy) is 2. The molecule has 4 aromatic rings. The van der Waals surface area contributed by atoms with Crippen molar-refractivity contribution in [3.8, 4) is 28.4 Å². The van der Waals surface area contributed by atoms with Gasteiger partial charge in [0, 0.05) is 28.3 Å². The van der Waals surface area contributed by atoms with Crippen LogP contribution in [0.5, 0.6) is 11.5 Å². The summed E-state index contributed by atoms with van der Waals surface area (Å²) in [5, 5.41) is 4.86. The lowest BCUT2D eigenvalue weighted by Gasteiger charge is -2.15. The lowest BCUT2D eigenvalue weighted by atomic mass is 10.1. The van der Waals surface area contributed by atoms with Crippen LogP contribution in [0.3, 0.4) is 0 Å². The second kappa shape index (κ2) is 11.6. The molecule has 1 saturated heterocycles. The Morgan fingerprint density at radius 1 is 1.00 bits per heavy atom. The van der Waals surface area contributed by atoms with E-state index < -0.39 is 0 Å². The van der Waals surface area contributed by atoms with Gasteiger partial charge in [0.1, 0.15) is 4.32 Å². The maximum atomic E-state index is 13.4. The van der Waals surface area contributed by atoms with Crippen molar-refractivity contribution in [1.82, 2.24) is 14.7 Å². The van der Waals surface area contributed by atoms with Gasteiger partial charge >= 0.3 is 0 Å². The molecule has 192 valence electrons. The molecule has 38 heavy (non-hydrogen) atoms. The van der Waals surface area contributed by atoms with E-state index in [2.05, 4.69) is 15.9 Å². The Bertz CT molecular complexity index is 1520. The molecule has 2 heterocycles. The molecule has 0 unspecified atom stereocenters. The molecule has 1 aliphatic rings. The van der Waals surface area contributed by atoms with Gasteiger partial charge in [0.15, 0.2) is 11.5 Å². The van der Waals surface area contributed by atoms with Gasteiger partial charge in [0.2, 0.25) is 0 Å². The Morgan fingerprint density at radius 2 is 1.74 bits per heavy atom. The number of benzene rings is 3. The van der Waals surface area contributed by atoms with Gasteiger partial charge in [-0.15, -0.1) is 0 Å². The first-order valence-electron chi connectivity index (χ1n) is 11.8. The summed E-state index contributed by atoms with van der Waals surface area (Å²) in [7, 11) is 3.21. The Hall–Kier alpha value is -3.40. The van der Waals surface area contributed by atoms with Crippen molar-refractivity contribution in [3.63, 3.8) is 0 Å². The number of rotatable bonds is 8. The number of halogens is 1. The molecule has 0 radical (unpaired) electrons. The maximum Gasteiger partial charge on any atom is 0.266 e. The van der Waals surface area contributed by atoms with Crippen LogP contribution >= 0.6 is 39.9 Å². The quantitative estimate of drug-likeness (QED) is 0.163. The van der Waals surface area contributed by atoms with Gasteiger partial charge in [0.05, 0.1) is 30.5 Å². The molecule has 9 heteroatoms. The second-order valence-electron chi connectivity index (χ2n) is 8.49. The number of thiocarbonyl (C=S) groups is 1. The van der Waals surface area contributed by atoms with E-state index >= 15 is 0 Å². The number of hydrogen-bond acceptors (Lipinski definition) is 6. The molecule has 5 rings (SSSR count). The molecule has 1 fully saturated rings. The fourth-order valence-corrected chi connectivity index (χ4v) is 5.71. The number of methoxy groups -OCH3 is 2. The number of aromatic nitrogens is 2. The van der Waals surface area contributed by atoms with Crippen LogP contribution in [0.4, 0.5) is 0 Å². The highest BCUT2D eigenvalue weighted by Crippen LogP contribution is 2.35. The van der Waals surface area contributed by atoms with Crippen molar-refractivity contribution in [1.29, 1.82) is 0 Å². The zero-order chi connectivity index (χ0) is 26.6. The molecule has 0 N–H and O–H groups in total. The number of para-hydroxylation sites is 1. The standard InChI is InChI=1S/C29H24BrN3O3S2/c1-35-24-13-8-19(16-25(24)36-2)14-15-32-28(34)26(38-29(32)37)17-21-18-33(23-6-4-3-5-7-23)31-27(21)20-9-11-22(30)12-10-20/h3-13,16-18H,14-15H2,1-2H3/b26-17+. The molecule has 0 saturated carbocycles. The van der Waals surface area contributed by atoms with Crippen LogP contribution < -0.4 is 9.47 Å². The summed E-state index contributed by atoms with van der Waals surface area (Å²) in [6, 6.07) is 23.6. The van der Waals surface area contributed by atoms with E-state index in [0.29, 0.717) is 33.7 Å². The van der Waals surface area contributed by atoms with E-state index in [4.69, 9.17) is 26.8 Å². The highest BCUT2D eigenvalue weighted by atomic mass is 79.9. The lowest BCUT2D eigenvalue weighted by molar-refractivity contribution is -0.122. The van der Waals surface area contributed by atoms with E-state index in [1.54, 1.807) is 19.1 Å². The van der Waals surface area contributed by atoms with Gasteiger partial charge in [-0.1, -0.05) is 76.3 Å². The first-order chi connectivity index (χ1) is 18.5. The molecular formula is C29H24BrN3O3S2. The molecule has 3 aromatic carbocycles. The average Bonchev–Trinajstić information content (AvgIpc) is 3.48. The summed E-state index contributed by atoms with van der Waals surface area (Å²) in [4.78, 5) is 15.6. The van der Waals surface area contributed by atoms with E-state index in [0.717, 1.165) is 32.5 Å². The molecule has 6 nitrogen and oxygen atoms in total. The van der Waals surface area contributed by atoms with Gasteiger partial charge in [-0.3, -0.25) is 9.69 Å². The first kappa shape index (κ1) is 26.2. The summed E-state index contributed by atoms with van der Waals surface area (Å²) in [6.07, 6.45) is 4.47. The zero-order valence-electron chi connectivity index (χ0n) is 20.8. The third-order valence-corrected chi connectivity index (χ3v) is 8.02. The van der Waals surface area contributed by atoms with Gasteiger partial charge in [-0.25, -0.2) is 4.68 Å². The molecule has 0 aliphatic carbocycles. The molecule has 0 spiro atoms. The summed E-state index contributed by atoms with van der Waals surface area (Å²) in [5.41, 5.74) is 4.56. The van der Waals surface area contributed by atoms with Crippen LogP contribution in [0.25, 0.3) is 23.0 Å². The Labute approximate surface area is 239 Å². The topological polar surface area (TPSA) is 56.6 Å². The third-order valence-electron chi connectivity index (χ3n) is 6.11. The number of amides is 1. The second-order valence-corrected chi connectivity index (χ2v) is 11.1.